The SMILES string of the molecule is COc1ccc(S(=O)(=O)CCC(=O)Nc2cccc3ccccc23)cc1. The first-order valence-corrected chi connectivity index (χ1v) is 9.79. The third-order valence-corrected chi connectivity index (χ3v) is 5.81. The van der Waals surface area contributed by atoms with Crippen LogP contribution in [0.5, 0.6) is 5.75 Å². The van der Waals surface area contributed by atoms with E-state index >= 15 is 0 Å². The summed E-state index contributed by atoms with van der Waals surface area (Å²) in [4.78, 5) is 12.4. The molecule has 1 N–H and O–H groups in total. The number of hydrogen-bond acceptors (Lipinski definition) is 4. The van der Waals surface area contributed by atoms with Gasteiger partial charge in [0.15, 0.2) is 9.84 Å². The number of nitrogens with one attached hydrogen (secondary N) is 1. The van der Waals surface area contributed by atoms with Crippen LogP contribution in [0.1, 0.15) is 6.42 Å². The van der Waals surface area contributed by atoms with E-state index in [9.17, 15) is 13.2 Å². The van der Waals surface area contributed by atoms with E-state index in [0.29, 0.717) is 11.4 Å². The quantitative estimate of drug-likeness (QED) is 0.720. The van der Waals surface area contributed by atoms with Gasteiger partial charge in [-0.2, -0.15) is 0 Å². The summed E-state index contributed by atoms with van der Waals surface area (Å²) < 4.78 is 29.8. The second-order valence-corrected chi connectivity index (χ2v) is 7.93. The highest BCUT2D eigenvalue weighted by Gasteiger charge is 2.17. The number of methoxy groups -OCH3 is 1. The molecule has 0 spiro atoms. The van der Waals surface area contributed by atoms with Gasteiger partial charge in [-0.15, -0.1) is 0 Å². The molecule has 0 radical (unpaired) electrons. The third kappa shape index (κ3) is 4.03. The molecule has 0 saturated heterocycles. The third-order valence-electron chi connectivity index (χ3n) is 4.08. The van der Waals surface area contributed by atoms with Crippen LogP contribution in [0.25, 0.3) is 10.8 Å². The second kappa shape index (κ2) is 7.58. The first-order chi connectivity index (χ1) is 12.5. The molecule has 0 aliphatic rings. The predicted octanol–water partition coefficient (Wildman–Crippen LogP) is 3.65. The molecule has 6 heteroatoms. The Hall–Kier alpha value is -2.86. The minimum Gasteiger partial charge on any atom is -0.497 e. The van der Waals surface area contributed by atoms with Gasteiger partial charge in [0, 0.05) is 17.5 Å². The van der Waals surface area contributed by atoms with Crippen molar-refractivity contribution in [2.24, 2.45) is 0 Å². The van der Waals surface area contributed by atoms with Crippen LogP contribution in [0.3, 0.4) is 0 Å². The summed E-state index contributed by atoms with van der Waals surface area (Å²) in [7, 11) is -2.02. The summed E-state index contributed by atoms with van der Waals surface area (Å²) in [5.74, 6) is -0.00766. The van der Waals surface area contributed by atoms with Crippen LogP contribution in [0.4, 0.5) is 5.69 Å². The largest absolute Gasteiger partial charge is 0.497 e. The first-order valence-electron chi connectivity index (χ1n) is 8.14. The fraction of sp³-hybridized carbons (Fsp3) is 0.150. The minimum absolute atomic E-state index is 0.114. The Kier molecular flexibility index (Phi) is 5.23. The first kappa shape index (κ1) is 17.9. The summed E-state index contributed by atoms with van der Waals surface area (Å²) >= 11 is 0. The van der Waals surface area contributed by atoms with E-state index in [1.807, 2.05) is 36.4 Å². The molecule has 0 atom stereocenters. The fourth-order valence-electron chi connectivity index (χ4n) is 2.68. The van der Waals surface area contributed by atoms with Gasteiger partial charge in [0.1, 0.15) is 5.75 Å². The van der Waals surface area contributed by atoms with E-state index < -0.39 is 9.84 Å². The maximum Gasteiger partial charge on any atom is 0.225 e. The van der Waals surface area contributed by atoms with Gasteiger partial charge in [-0.3, -0.25) is 4.79 Å². The molecule has 0 heterocycles. The molecular formula is C20H19NO4S. The maximum atomic E-state index is 12.4. The molecule has 26 heavy (non-hydrogen) atoms. The van der Waals surface area contributed by atoms with E-state index in [1.165, 1.54) is 19.2 Å². The van der Waals surface area contributed by atoms with Crippen LogP contribution in [-0.2, 0) is 14.6 Å². The minimum atomic E-state index is -3.53. The van der Waals surface area contributed by atoms with E-state index in [1.54, 1.807) is 18.2 Å². The van der Waals surface area contributed by atoms with Crippen molar-refractivity contribution in [1.29, 1.82) is 0 Å². The molecule has 3 aromatic rings. The molecule has 0 aliphatic carbocycles. The molecule has 1 amide bonds. The highest BCUT2D eigenvalue weighted by atomic mass is 32.2. The summed E-state index contributed by atoms with van der Waals surface area (Å²) in [5.41, 5.74) is 0.676. The molecule has 5 nitrogen and oxygen atoms in total. The Bertz CT molecular complexity index is 1020. The summed E-state index contributed by atoms with van der Waals surface area (Å²) in [6.45, 7) is 0. The van der Waals surface area contributed by atoms with Crippen molar-refractivity contribution in [3.05, 3.63) is 66.7 Å². The molecule has 0 aromatic heterocycles. The standard InChI is InChI=1S/C20H19NO4S/c1-25-16-9-11-17(12-10-16)26(23,24)14-13-20(22)21-19-8-4-6-15-5-2-3-7-18(15)19/h2-12H,13-14H2,1H3,(H,21,22). The van der Waals surface area contributed by atoms with Crippen molar-refractivity contribution < 1.29 is 17.9 Å². The number of fused-ring (bicyclic) bond motifs is 1. The van der Waals surface area contributed by atoms with Crippen LogP contribution >= 0.6 is 0 Å². The summed E-state index contributed by atoms with van der Waals surface area (Å²) in [6, 6.07) is 19.4. The Balaban J connectivity index is 1.68. The molecule has 3 aromatic carbocycles. The average molecular weight is 369 g/mol. The number of anilines is 1. The molecule has 134 valence electrons. The van der Waals surface area contributed by atoms with Gasteiger partial charge in [-0.05, 0) is 35.7 Å². The van der Waals surface area contributed by atoms with Crippen molar-refractivity contribution in [2.75, 3.05) is 18.2 Å². The van der Waals surface area contributed by atoms with Gasteiger partial charge in [-0.1, -0.05) is 36.4 Å². The number of benzene rings is 3. The topological polar surface area (TPSA) is 72.5 Å². The second-order valence-electron chi connectivity index (χ2n) is 5.82. The molecule has 0 aliphatic heterocycles. The van der Waals surface area contributed by atoms with Crippen LogP contribution < -0.4 is 10.1 Å². The van der Waals surface area contributed by atoms with Crippen LogP contribution in [0.2, 0.25) is 0 Å². The normalized spacial score (nSPS) is 11.3. The lowest BCUT2D eigenvalue weighted by Gasteiger charge is -2.09. The molecular weight excluding hydrogens is 350 g/mol. The lowest BCUT2D eigenvalue weighted by atomic mass is 10.1. The molecule has 0 fully saturated rings. The predicted molar refractivity (Wildman–Crippen MR) is 102 cm³/mol. The van der Waals surface area contributed by atoms with E-state index in [0.717, 1.165) is 10.8 Å². The Morgan fingerprint density at radius 2 is 1.65 bits per heavy atom. The van der Waals surface area contributed by atoms with E-state index in [4.69, 9.17) is 4.74 Å². The van der Waals surface area contributed by atoms with Crippen molar-refractivity contribution in [2.45, 2.75) is 11.3 Å². The Morgan fingerprint density at radius 3 is 2.38 bits per heavy atom. The van der Waals surface area contributed by atoms with Crippen molar-refractivity contribution in [3.8, 4) is 5.75 Å². The lowest BCUT2D eigenvalue weighted by molar-refractivity contribution is -0.115. The molecule has 0 unspecified atom stereocenters. The number of hydrogen-bond donors (Lipinski definition) is 1. The zero-order valence-corrected chi connectivity index (χ0v) is 15.1. The highest BCUT2D eigenvalue weighted by Crippen LogP contribution is 2.23. The number of rotatable bonds is 6. The lowest BCUT2D eigenvalue weighted by Crippen LogP contribution is -2.17. The Morgan fingerprint density at radius 1 is 0.962 bits per heavy atom. The molecule has 0 saturated carbocycles. The smallest absolute Gasteiger partial charge is 0.225 e. The molecule has 3 rings (SSSR count). The van der Waals surface area contributed by atoms with Crippen LogP contribution in [0, 0.1) is 0 Å². The summed E-state index contributed by atoms with van der Waals surface area (Å²) in [6.07, 6.45) is -0.114. The highest BCUT2D eigenvalue weighted by molar-refractivity contribution is 7.91. The van der Waals surface area contributed by atoms with Crippen molar-refractivity contribution in [1.82, 2.24) is 0 Å². The van der Waals surface area contributed by atoms with Crippen molar-refractivity contribution in [3.63, 3.8) is 0 Å². The van der Waals surface area contributed by atoms with E-state index in [-0.39, 0.29) is 23.0 Å². The number of amides is 1. The number of sulfone groups is 1. The number of carbonyl (C=O) groups excluding carboxylic acids is 1. The average Bonchev–Trinajstić information content (AvgIpc) is 2.67. The van der Waals surface area contributed by atoms with Gasteiger partial charge in [-0.25, -0.2) is 8.42 Å². The zero-order chi connectivity index (χ0) is 18.6. The van der Waals surface area contributed by atoms with Crippen molar-refractivity contribution >= 4 is 32.2 Å². The van der Waals surface area contributed by atoms with Crippen LogP contribution in [-0.4, -0.2) is 27.2 Å². The van der Waals surface area contributed by atoms with E-state index in [2.05, 4.69) is 5.32 Å². The number of carbonyl (C=O) groups is 1. The summed E-state index contributed by atoms with van der Waals surface area (Å²) in [5, 5.41) is 4.73. The number of ether oxygens (including phenoxy) is 1. The zero-order valence-electron chi connectivity index (χ0n) is 14.3. The van der Waals surface area contributed by atoms with Gasteiger partial charge >= 0.3 is 0 Å². The van der Waals surface area contributed by atoms with Gasteiger partial charge in [0.2, 0.25) is 5.91 Å². The fourth-order valence-corrected chi connectivity index (χ4v) is 3.92. The van der Waals surface area contributed by atoms with Crippen LogP contribution in [0.15, 0.2) is 71.6 Å². The Labute approximate surface area is 152 Å². The van der Waals surface area contributed by atoms with Gasteiger partial charge in [0.05, 0.1) is 17.8 Å². The maximum absolute atomic E-state index is 12.4. The molecule has 0 bridgehead atoms. The van der Waals surface area contributed by atoms with Gasteiger partial charge < -0.3 is 10.1 Å². The van der Waals surface area contributed by atoms with Gasteiger partial charge in [0.25, 0.3) is 0 Å². The monoisotopic (exact) mass is 369 g/mol.